The van der Waals surface area contributed by atoms with Crippen LogP contribution in [0.3, 0.4) is 0 Å². The Kier molecular flexibility index (Phi) is 3.43. The zero-order valence-electron chi connectivity index (χ0n) is 11.8. The second kappa shape index (κ2) is 5.14. The van der Waals surface area contributed by atoms with Crippen LogP contribution in [0.1, 0.15) is 16.8 Å². The van der Waals surface area contributed by atoms with Crippen LogP contribution < -0.4 is 10.0 Å². The van der Waals surface area contributed by atoms with Gasteiger partial charge in [0.1, 0.15) is 0 Å². The summed E-state index contributed by atoms with van der Waals surface area (Å²) in [5.41, 5.74) is 0.271. The molecule has 0 N–H and O–H groups in total. The summed E-state index contributed by atoms with van der Waals surface area (Å²) < 4.78 is 0. The maximum absolute atomic E-state index is 12.8. The average molecular weight is 442 g/mol. The molecule has 2 saturated carbocycles. The van der Waals surface area contributed by atoms with Crippen molar-refractivity contribution < 1.29 is 19.5 Å². The molecule has 1 aliphatic heterocycles. The lowest BCUT2D eigenvalue weighted by Gasteiger charge is -2.28. The van der Waals surface area contributed by atoms with Gasteiger partial charge >= 0.3 is 0 Å². The highest BCUT2D eigenvalue weighted by molar-refractivity contribution is 9.12. The van der Waals surface area contributed by atoms with Gasteiger partial charge in [-0.2, -0.15) is 0 Å². The molecule has 3 aliphatic rings. The van der Waals surface area contributed by atoms with Gasteiger partial charge in [-0.05, 0) is 36.0 Å². The van der Waals surface area contributed by atoms with Crippen molar-refractivity contribution in [2.75, 3.05) is 4.90 Å². The van der Waals surface area contributed by atoms with Crippen LogP contribution in [-0.2, 0) is 9.59 Å². The summed E-state index contributed by atoms with van der Waals surface area (Å²) in [6.45, 7) is 0. The second-order valence-corrected chi connectivity index (χ2v) is 8.47. The number of hydrogen-bond acceptors (Lipinski definition) is 4. The lowest BCUT2D eigenvalue weighted by atomic mass is 9.81. The third-order valence-electron chi connectivity index (χ3n) is 5.33. The molecule has 1 aromatic rings. The normalized spacial score (nSPS) is 38.3. The van der Waals surface area contributed by atoms with Gasteiger partial charge in [-0.1, -0.05) is 44.0 Å². The summed E-state index contributed by atoms with van der Waals surface area (Å²) in [5, 5.41) is 11.0. The van der Waals surface area contributed by atoms with Crippen LogP contribution in [0.4, 0.5) is 5.69 Å². The van der Waals surface area contributed by atoms with Gasteiger partial charge in [0.2, 0.25) is 11.8 Å². The van der Waals surface area contributed by atoms with Gasteiger partial charge in [0.25, 0.3) is 0 Å². The summed E-state index contributed by atoms with van der Waals surface area (Å²) in [6, 6.07) is 5.81. The monoisotopic (exact) mass is 440 g/mol. The van der Waals surface area contributed by atoms with Crippen molar-refractivity contribution >= 4 is 55.3 Å². The largest absolute Gasteiger partial charge is 0.545 e. The highest BCUT2D eigenvalue weighted by Gasteiger charge is 2.66. The Hall–Kier alpha value is -1.21. The summed E-state index contributed by atoms with van der Waals surface area (Å²) in [7, 11) is 0. The van der Waals surface area contributed by atoms with Crippen molar-refractivity contribution in [3.8, 4) is 0 Å². The molecule has 0 radical (unpaired) electrons. The van der Waals surface area contributed by atoms with Gasteiger partial charge in [0.05, 0.1) is 23.5 Å². The van der Waals surface area contributed by atoms with Crippen molar-refractivity contribution in [1.82, 2.24) is 0 Å². The number of benzene rings is 1. The molecular weight excluding hydrogens is 430 g/mol. The molecule has 3 fully saturated rings. The van der Waals surface area contributed by atoms with Crippen LogP contribution in [0.15, 0.2) is 24.3 Å². The Bertz CT molecular complexity index is 705. The summed E-state index contributed by atoms with van der Waals surface area (Å²) in [6.07, 6.45) is 0.867. The second-order valence-electron chi connectivity index (χ2n) is 6.35. The number of carbonyl (C=O) groups excluding carboxylic acids is 3. The molecule has 0 aromatic heterocycles. The molecule has 1 aromatic carbocycles. The van der Waals surface area contributed by atoms with Gasteiger partial charge < -0.3 is 9.90 Å². The zero-order chi connectivity index (χ0) is 16.5. The Morgan fingerprint density at radius 2 is 1.65 bits per heavy atom. The van der Waals surface area contributed by atoms with Gasteiger partial charge in [-0.3, -0.25) is 14.5 Å². The number of carbonyl (C=O) groups is 3. The van der Waals surface area contributed by atoms with Gasteiger partial charge in [0, 0.05) is 9.65 Å². The van der Waals surface area contributed by atoms with E-state index in [9.17, 15) is 19.5 Å². The number of amides is 2. The molecule has 23 heavy (non-hydrogen) atoms. The van der Waals surface area contributed by atoms with Crippen molar-refractivity contribution in [1.29, 1.82) is 0 Å². The number of rotatable bonds is 2. The Balaban J connectivity index is 1.73. The predicted octanol–water partition coefficient (Wildman–Crippen LogP) is 1.33. The van der Waals surface area contributed by atoms with E-state index in [1.54, 1.807) is 6.07 Å². The summed E-state index contributed by atoms with van der Waals surface area (Å²) in [4.78, 5) is 38.2. The number of alkyl halides is 2. The summed E-state index contributed by atoms with van der Waals surface area (Å²) >= 11 is 7.27. The smallest absolute Gasteiger partial charge is 0.238 e. The molecule has 4 rings (SSSR count). The predicted molar refractivity (Wildman–Crippen MR) is 87.3 cm³/mol. The molecule has 2 aliphatic carbocycles. The highest BCUT2D eigenvalue weighted by atomic mass is 79.9. The molecule has 7 heteroatoms. The Labute approximate surface area is 149 Å². The Morgan fingerprint density at radius 3 is 2.17 bits per heavy atom. The first kappa shape index (κ1) is 15.3. The number of carboxylic acids is 1. The van der Waals surface area contributed by atoms with Crippen LogP contribution >= 0.6 is 31.9 Å². The fourth-order valence-corrected chi connectivity index (χ4v) is 6.25. The lowest BCUT2D eigenvalue weighted by Crippen LogP contribution is -2.37. The van der Waals surface area contributed by atoms with Crippen molar-refractivity contribution in [3.05, 3.63) is 29.8 Å². The maximum Gasteiger partial charge on any atom is 0.238 e. The van der Waals surface area contributed by atoms with E-state index >= 15 is 0 Å². The number of hydrogen-bond donors (Lipinski definition) is 0. The van der Waals surface area contributed by atoms with Crippen molar-refractivity contribution in [2.45, 2.75) is 16.1 Å². The van der Waals surface area contributed by atoms with E-state index < -0.39 is 5.97 Å². The van der Waals surface area contributed by atoms with E-state index in [1.165, 1.54) is 18.2 Å². The molecule has 1 heterocycles. The molecule has 0 spiro atoms. The van der Waals surface area contributed by atoms with E-state index in [-0.39, 0.29) is 50.7 Å². The van der Waals surface area contributed by atoms with E-state index in [0.29, 0.717) is 5.69 Å². The Morgan fingerprint density at radius 1 is 1.09 bits per heavy atom. The van der Waals surface area contributed by atoms with Gasteiger partial charge in [-0.15, -0.1) is 0 Å². The third-order valence-corrected chi connectivity index (χ3v) is 8.53. The first-order chi connectivity index (χ1) is 10.9. The zero-order valence-corrected chi connectivity index (χ0v) is 15.0. The number of halogens is 2. The molecule has 2 amide bonds. The van der Waals surface area contributed by atoms with Crippen LogP contribution in [0, 0.1) is 23.7 Å². The quantitative estimate of drug-likeness (QED) is 0.512. The molecule has 120 valence electrons. The van der Waals surface area contributed by atoms with Crippen LogP contribution in [0.2, 0.25) is 0 Å². The van der Waals surface area contributed by atoms with Crippen molar-refractivity contribution in [2.24, 2.45) is 23.7 Å². The standard InChI is InChI=1S/C16H13Br2NO4/c17-12-8-5-9(13(12)18)11-10(8)14(20)19(15(11)21)7-3-1-2-6(4-7)16(22)23/h1-4,8-13H,5H2,(H,22,23)/p-1/t8-,9+,10-,11-,12+,13-/m0/s1. The fourth-order valence-electron chi connectivity index (χ4n) is 4.38. The number of aromatic carboxylic acids is 1. The first-order valence-electron chi connectivity index (χ1n) is 7.39. The molecular formula is C16H12Br2NO4-. The number of nitrogens with zero attached hydrogens (tertiary/aromatic N) is 1. The molecule has 0 unspecified atom stereocenters. The van der Waals surface area contributed by atoms with E-state index in [1.807, 2.05) is 0 Å². The molecule has 2 bridgehead atoms. The number of anilines is 1. The van der Waals surface area contributed by atoms with E-state index in [0.717, 1.165) is 11.3 Å². The fraction of sp³-hybridized carbons (Fsp3) is 0.438. The maximum atomic E-state index is 12.8. The van der Waals surface area contributed by atoms with Crippen LogP contribution in [-0.4, -0.2) is 27.4 Å². The minimum Gasteiger partial charge on any atom is -0.545 e. The number of imide groups is 1. The first-order valence-corrected chi connectivity index (χ1v) is 9.22. The SMILES string of the molecule is O=C([O-])c1cccc(N2C(=O)[C@H]3[C@@H]4C[C@@H]([C@H](Br)[C@@H]4Br)[C@@H]3C2=O)c1. The van der Waals surface area contributed by atoms with E-state index in [2.05, 4.69) is 31.9 Å². The third kappa shape index (κ3) is 1.99. The van der Waals surface area contributed by atoms with Crippen LogP contribution in [0.25, 0.3) is 0 Å². The molecule has 5 nitrogen and oxygen atoms in total. The number of carboxylic acid groups (broad SMARTS) is 1. The van der Waals surface area contributed by atoms with Gasteiger partial charge in [0.15, 0.2) is 0 Å². The van der Waals surface area contributed by atoms with E-state index in [4.69, 9.17) is 0 Å². The average Bonchev–Trinajstić information content (AvgIpc) is 3.12. The van der Waals surface area contributed by atoms with Crippen LogP contribution in [0.5, 0.6) is 0 Å². The van der Waals surface area contributed by atoms with Crippen molar-refractivity contribution in [3.63, 3.8) is 0 Å². The number of fused-ring (bicyclic) bond motifs is 5. The minimum absolute atomic E-state index is 0.0418. The molecule has 1 saturated heterocycles. The lowest BCUT2D eigenvalue weighted by molar-refractivity contribution is -0.255. The molecule has 6 atom stereocenters. The van der Waals surface area contributed by atoms with Gasteiger partial charge in [-0.25, -0.2) is 0 Å². The summed E-state index contributed by atoms with van der Waals surface area (Å²) in [5.74, 6) is -2.10. The highest BCUT2D eigenvalue weighted by Crippen LogP contribution is 2.60. The minimum atomic E-state index is -1.33. The topological polar surface area (TPSA) is 77.5 Å².